The van der Waals surface area contributed by atoms with Gasteiger partial charge in [-0.15, -0.1) is 11.3 Å². The van der Waals surface area contributed by atoms with Crippen molar-refractivity contribution < 1.29 is 19.8 Å². The van der Waals surface area contributed by atoms with Crippen LogP contribution < -0.4 is 0 Å². The highest BCUT2D eigenvalue weighted by molar-refractivity contribution is 7.10. The second-order valence-electron chi connectivity index (χ2n) is 4.68. The van der Waals surface area contributed by atoms with E-state index in [9.17, 15) is 19.8 Å². The molecule has 0 bridgehead atoms. The number of aromatic hydroxyl groups is 1. The Hall–Kier alpha value is -2.41. The minimum Gasteiger partial charge on any atom is -0.505 e. The SMILES string of the molecule is O=C(O)C1c2ccsc2CCN1C(=O)c1ccncc1O. The monoisotopic (exact) mass is 304 g/mol. The molecule has 0 aliphatic carbocycles. The van der Waals surface area contributed by atoms with Gasteiger partial charge in [-0.1, -0.05) is 0 Å². The van der Waals surface area contributed by atoms with E-state index in [0.717, 1.165) is 4.88 Å². The van der Waals surface area contributed by atoms with Gasteiger partial charge in [0.2, 0.25) is 0 Å². The lowest BCUT2D eigenvalue weighted by atomic mass is 9.99. The van der Waals surface area contributed by atoms with E-state index in [1.54, 1.807) is 6.07 Å². The molecule has 6 nitrogen and oxygen atoms in total. The van der Waals surface area contributed by atoms with Crippen LogP contribution in [0.3, 0.4) is 0 Å². The van der Waals surface area contributed by atoms with Crippen LogP contribution in [0, 0.1) is 0 Å². The van der Waals surface area contributed by atoms with Crippen LogP contribution >= 0.6 is 11.3 Å². The van der Waals surface area contributed by atoms with Crippen molar-refractivity contribution in [2.24, 2.45) is 0 Å². The summed E-state index contributed by atoms with van der Waals surface area (Å²) in [6.07, 6.45) is 3.18. The molecule has 2 aromatic heterocycles. The summed E-state index contributed by atoms with van der Waals surface area (Å²) in [6, 6.07) is 2.12. The van der Waals surface area contributed by atoms with Gasteiger partial charge in [0.05, 0.1) is 11.8 Å². The molecule has 1 aliphatic rings. The Morgan fingerprint density at radius 1 is 1.38 bits per heavy atom. The fourth-order valence-corrected chi connectivity index (χ4v) is 3.43. The van der Waals surface area contributed by atoms with E-state index < -0.39 is 17.9 Å². The molecule has 1 atom stereocenters. The summed E-state index contributed by atoms with van der Waals surface area (Å²) in [5.74, 6) is -1.82. The van der Waals surface area contributed by atoms with Crippen molar-refractivity contribution in [1.29, 1.82) is 0 Å². The molecule has 21 heavy (non-hydrogen) atoms. The predicted molar refractivity (Wildman–Crippen MR) is 75.3 cm³/mol. The number of thiophene rings is 1. The van der Waals surface area contributed by atoms with E-state index in [2.05, 4.69) is 4.98 Å². The number of carboxylic acids is 1. The highest BCUT2D eigenvalue weighted by Crippen LogP contribution is 2.35. The second-order valence-corrected chi connectivity index (χ2v) is 5.68. The van der Waals surface area contributed by atoms with Gasteiger partial charge in [-0.05, 0) is 29.5 Å². The summed E-state index contributed by atoms with van der Waals surface area (Å²) in [5.41, 5.74) is 0.718. The van der Waals surface area contributed by atoms with Crippen LogP contribution in [0.15, 0.2) is 29.9 Å². The standard InChI is InChI=1S/C14H12N2O4S/c17-10-7-15-4-1-8(10)13(18)16-5-2-11-9(3-6-21-11)12(16)14(19)20/h1,3-4,6-7,12,17H,2,5H2,(H,19,20). The van der Waals surface area contributed by atoms with Crippen molar-refractivity contribution in [1.82, 2.24) is 9.88 Å². The third-order valence-electron chi connectivity index (χ3n) is 3.49. The topological polar surface area (TPSA) is 90.7 Å². The van der Waals surface area contributed by atoms with Gasteiger partial charge in [-0.3, -0.25) is 9.78 Å². The van der Waals surface area contributed by atoms with Crippen LogP contribution in [0.4, 0.5) is 0 Å². The Balaban J connectivity index is 2.00. The first-order chi connectivity index (χ1) is 10.1. The van der Waals surface area contributed by atoms with Crippen molar-refractivity contribution >= 4 is 23.2 Å². The summed E-state index contributed by atoms with van der Waals surface area (Å²) in [5, 5.41) is 21.0. The molecule has 1 amide bonds. The van der Waals surface area contributed by atoms with E-state index in [1.807, 2.05) is 5.38 Å². The van der Waals surface area contributed by atoms with Gasteiger partial charge in [0.15, 0.2) is 6.04 Å². The Morgan fingerprint density at radius 3 is 2.90 bits per heavy atom. The van der Waals surface area contributed by atoms with Crippen molar-refractivity contribution in [2.45, 2.75) is 12.5 Å². The minimum atomic E-state index is -1.07. The molecule has 3 rings (SSSR count). The quantitative estimate of drug-likeness (QED) is 0.880. The molecule has 2 N–H and O–H groups in total. The van der Waals surface area contributed by atoms with Crippen LogP contribution in [-0.4, -0.2) is 38.5 Å². The Morgan fingerprint density at radius 2 is 2.19 bits per heavy atom. The molecule has 0 radical (unpaired) electrons. The van der Waals surface area contributed by atoms with Gasteiger partial charge in [0, 0.05) is 17.6 Å². The van der Waals surface area contributed by atoms with Crippen LogP contribution in [0.5, 0.6) is 5.75 Å². The lowest BCUT2D eigenvalue weighted by Gasteiger charge is -2.33. The number of hydrogen-bond acceptors (Lipinski definition) is 5. The lowest BCUT2D eigenvalue weighted by molar-refractivity contribution is -0.142. The van der Waals surface area contributed by atoms with Crippen LogP contribution in [-0.2, 0) is 11.2 Å². The van der Waals surface area contributed by atoms with Crippen molar-refractivity contribution in [3.05, 3.63) is 45.9 Å². The van der Waals surface area contributed by atoms with Crippen molar-refractivity contribution in [3.8, 4) is 5.75 Å². The predicted octanol–water partition coefficient (Wildman–Crippen LogP) is 1.67. The van der Waals surface area contributed by atoms with Crippen LogP contribution in [0.2, 0.25) is 0 Å². The number of carboxylic acid groups (broad SMARTS) is 1. The lowest BCUT2D eigenvalue weighted by Crippen LogP contribution is -2.43. The van der Waals surface area contributed by atoms with Crippen molar-refractivity contribution in [3.63, 3.8) is 0 Å². The molecule has 0 saturated carbocycles. The van der Waals surface area contributed by atoms with E-state index in [0.29, 0.717) is 18.5 Å². The highest BCUT2D eigenvalue weighted by atomic mass is 32.1. The number of nitrogens with zero attached hydrogens (tertiary/aromatic N) is 2. The molecule has 0 saturated heterocycles. The Bertz CT molecular complexity index is 713. The molecule has 1 unspecified atom stereocenters. The van der Waals surface area contributed by atoms with Gasteiger partial charge in [0.1, 0.15) is 5.75 Å². The first-order valence-corrected chi connectivity index (χ1v) is 7.20. The Labute approximate surface area is 124 Å². The van der Waals surface area contributed by atoms with Gasteiger partial charge in [0.25, 0.3) is 5.91 Å². The number of aliphatic carboxylic acids is 1. The van der Waals surface area contributed by atoms with Gasteiger partial charge >= 0.3 is 5.97 Å². The van der Waals surface area contributed by atoms with E-state index in [1.165, 1.54) is 34.7 Å². The van der Waals surface area contributed by atoms with Crippen molar-refractivity contribution in [2.75, 3.05) is 6.54 Å². The zero-order valence-corrected chi connectivity index (χ0v) is 11.7. The molecule has 2 aromatic rings. The average molecular weight is 304 g/mol. The number of carbonyl (C=O) groups is 2. The molecule has 7 heteroatoms. The molecule has 108 valence electrons. The molecule has 0 fully saturated rings. The highest BCUT2D eigenvalue weighted by Gasteiger charge is 2.37. The number of fused-ring (bicyclic) bond motifs is 1. The molecule has 3 heterocycles. The second kappa shape index (κ2) is 5.17. The maximum absolute atomic E-state index is 12.5. The number of aromatic nitrogens is 1. The van der Waals surface area contributed by atoms with Gasteiger partial charge in [-0.2, -0.15) is 0 Å². The number of rotatable bonds is 2. The third kappa shape index (κ3) is 2.25. The Kier molecular flexibility index (Phi) is 3.34. The van der Waals surface area contributed by atoms with Crippen LogP contribution in [0.1, 0.15) is 26.8 Å². The third-order valence-corrected chi connectivity index (χ3v) is 4.49. The van der Waals surface area contributed by atoms with Crippen LogP contribution in [0.25, 0.3) is 0 Å². The summed E-state index contributed by atoms with van der Waals surface area (Å²) in [7, 11) is 0. The van der Waals surface area contributed by atoms with E-state index in [-0.39, 0.29) is 11.3 Å². The number of hydrogen-bond donors (Lipinski definition) is 2. The number of carbonyl (C=O) groups excluding carboxylic acids is 1. The first kappa shape index (κ1) is 13.6. The summed E-state index contributed by atoms with van der Waals surface area (Å²) in [6.45, 7) is 0.311. The zero-order valence-electron chi connectivity index (χ0n) is 10.9. The van der Waals surface area contributed by atoms with Gasteiger partial charge in [-0.25, -0.2) is 4.79 Å². The molecular formula is C14H12N2O4S. The summed E-state index contributed by atoms with van der Waals surface area (Å²) in [4.78, 5) is 30.1. The maximum atomic E-state index is 12.5. The normalized spacial score (nSPS) is 17.3. The van der Waals surface area contributed by atoms with E-state index >= 15 is 0 Å². The molecule has 1 aliphatic heterocycles. The summed E-state index contributed by atoms with van der Waals surface area (Å²) < 4.78 is 0. The number of amides is 1. The maximum Gasteiger partial charge on any atom is 0.331 e. The molecule has 0 spiro atoms. The zero-order chi connectivity index (χ0) is 15.0. The van der Waals surface area contributed by atoms with Gasteiger partial charge < -0.3 is 15.1 Å². The van der Waals surface area contributed by atoms with E-state index in [4.69, 9.17) is 0 Å². The number of pyridine rings is 1. The fourth-order valence-electron chi connectivity index (χ4n) is 2.52. The fraction of sp³-hybridized carbons (Fsp3) is 0.214. The molecule has 0 aromatic carbocycles. The minimum absolute atomic E-state index is 0.0647. The summed E-state index contributed by atoms with van der Waals surface area (Å²) >= 11 is 1.50. The first-order valence-electron chi connectivity index (χ1n) is 6.32. The smallest absolute Gasteiger partial charge is 0.331 e. The molecular weight excluding hydrogens is 292 g/mol. The average Bonchev–Trinajstić information content (AvgIpc) is 2.94. The largest absolute Gasteiger partial charge is 0.505 e.